The van der Waals surface area contributed by atoms with Crippen molar-refractivity contribution in [2.75, 3.05) is 33.4 Å². The van der Waals surface area contributed by atoms with Crippen molar-refractivity contribution in [1.29, 1.82) is 0 Å². The molecule has 2 aliphatic heterocycles. The van der Waals surface area contributed by atoms with E-state index in [-0.39, 0.29) is 0 Å². The molecule has 6 nitrogen and oxygen atoms in total. The molecular weight excluding hydrogens is 268 g/mol. The van der Waals surface area contributed by atoms with Crippen LogP contribution >= 0.6 is 0 Å². The van der Waals surface area contributed by atoms with Crippen LogP contribution in [0.25, 0.3) is 5.57 Å². The minimum Gasteiger partial charge on any atom is -0.398 e. The van der Waals surface area contributed by atoms with Gasteiger partial charge in [0.2, 0.25) is 5.85 Å². The number of ether oxygens (including phenoxy) is 2. The van der Waals surface area contributed by atoms with Crippen LogP contribution in [0.2, 0.25) is 0 Å². The van der Waals surface area contributed by atoms with E-state index >= 15 is 0 Å². The molecule has 1 saturated heterocycles. The fourth-order valence-electron chi connectivity index (χ4n) is 2.81. The lowest BCUT2D eigenvalue weighted by Gasteiger charge is -2.47. The maximum atomic E-state index is 5.98. The molecule has 0 aromatic carbocycles. The normalized spacial score (nSPS) is 26.7. The van der Waals surface area contributed by atoms with E-state index in [0.29, 0.717) is 18.9 Å². The van der Waals surface area contributed by atoms with Gasteiger partial charge in [0.15, 0.2) is 0 Å². The van der Waals surface area contributed by atoms with Crippen molar-refractivity contribution < 1.29 is 9.47 Å². The molecule has 2 aliphatic rings. The maximum absolute atomic E-state index is 5.98. The van der Waals surface area contributed by atoms with Gasteiger partial charge < -0.3 is 20.5 Å². The first-order valence-corrected chi connectivity index (χ1v) is 7.00. The Morgan fingerprint density at radius 2 is 2.05 bits per heavy atom. The summed E-state index contributed by atoms with van der Waals surface area (Å²) in [4.78, 5) is 6.31. The van der Waals surface area contributed by atoms with Crippen molar-refractivity contribution >= 4 is 5.57 Å². The lowest BCUT2D eigenvalue weighted by Crippen LogP contribution is -2.63. The number of nitrogens with zero attached hydrogens (tertiary/aromatic N) is 2. The number of nitrogens with two attached hydrogens (primary N) is 1. The maximum Gasteiger partial charge on any atom is 0.226 e. The van der Waals surface area contributed by atoms with Crippen LogP contribution in [0.3, 0.4) is 0 Å². The topological polar surface area (TPSA) is 72.6 Å². The van der Waals surface area contributed by atoms with Crippen molar-refractivity contribution in [2.24, 2.45) is 5.73 Å². The first-order valence-electron chi connectivity index (χ1n) is 7.00. The van der Waals surface area contributed by atoms with Gasteiger partial charge in [-0.15, -0.1) is 0 Å². The van der Waals surface area contributed by atoms with E-state index in [1.807, 2.05) is 18.2 Å². The molecule has 3 rings (SSSR count). The van der Waals surface area contributed by atoms with Crippen LogP contribution in [0.4, 0.5) is 0 Å². The fourth-order valence-corrected chi connectivity index (χ4v) is 2.81. The van der Waals surface area contributed by atoms with Gasteiger partial charge in [-0.25, -0.2) is 4.90 Å². The standard InChI is InChI=1S/C15H20N4O2/c1-20-15(19-6-8-21-9-7-19)14(10-13(16)11-18-15)12-2-4-17-5-3-12/h2-5,10-11,18H,6-9,16H2,1H3. The van der Waals surface area contributed by atoms with Gasteiger partial charge in [0, 0.05) is 50.1 Å². The largest absolute Gasteiger partial charge is 0.398 e. The van der Waals surface area contributed by atoms with E-state index in [1.54, 1.807) is 25.7 Å². The summed E-state index contributed by atoms with van der Waals surface area (Å²) >= 11 is 0. The summed E-state index contributed by atoms with van der Waals surface area (Å²) < 4.78 is 11.4. The minimum absolute atomic E-state index is 0.669. The van der Waals surface area contributed by atoms with E-state index in [4.69, 9.17) is 15.2 Å². The third kappa shape index (κ3) is 2.53. The summed E-state index contributed by atoms with van der Waals surface area (Å²) in [7, 11) is 1.70. The number of morpholine rings is 1. The summed E-state index contributed by atoms with van der Waals surface area (Å²) in [5.41, 5.74) is 8.66. The highest BCUT2D eigenvalue weighted by molar-refractivity contribution is 5.75. The fraction of sp³-hybridized carbons (Fsp3) is 0.400. The Hall–Kier alpha value is -1.89. The van der Waals surface area contributed by atoms with Gasteiger partial charge in [0.1, 0.15) is 0 Å². The quantitative estimate of drug-likeness (QED) is 0.844. The molecule has 3 N–H and O–H groups in total. The van der Waals surface area contributed by atoms with Crippen molar-refractivity contribution in [3.8, 4) is 0 Å². The Morgan fingerprint density at radius 3 is 2.71 bits per heavy atom. The van der Waals surface area contributed by atoms with Gasteiger partial charge in [0.05, 0.1) is 13.2 Å². The van der Waals surface area contributed by atoms with Crippen molar-refractivity contribution in [1.82, 2.24) is 15.2 Å². The molecule has 0 amide bonds. The summed E-state index contributed by atoms with van der Waals surface area (Å²) in [5, 5.41) is 3.32. The number of pyridine rings is 1. The monoisotopic (exact) mass is 288 g/mol. The Bertz CT molecular complexity index is 552. The number of dihydropyridines is 1. The average Bonchev–Trinajstić information content (AvgIpc) is 2.57. The van der Waals surface area contributed by atoms with Crippen LogP contribution in [-0.4, -0.2) is 49.1 Å². The van der Waals surface area contributed by atoms with E-state index in [0.717, 1.165) is 24.2 Å². The first-order chi connectivity index (χ1) is 10.3. The number of nitrogens with one attached hydrogen (secondary N) is 1. The van der Waals surface area contributed by atoms with Crippen molar-refractivity contribution in [2.45, 2.75) is 5.85 Å². The third-order valence-corrected chi connectivity index (χ3v) is 3.85. The number of rotatable bonds is 3. The van der Waals surface area contributed by atoms with Crippen LogP contribution in [0.15, 0.2) is 42.5 Å². The summed E-state index contributed by atoms with van der Waals surface area (Å²) in [6, 6.07) is 3.92. The molecule has 1 unspecified atom stereocenters. The highest BCUT2D eigenvalue weighted by Crippen LogP contribution is 2.34. The van der Waals surface area contributed by atoms with Crippen LogP contribution in [0.1, 0.15) is 5.56 Å². The smallest absolute Gasteiger partial charge is 0.226 e. The van der Waals surface area contributed by atoms with E-state index in [2.05, 4.69) is 15.2 Å². The molecule has 0 aliphatic carbocycles. The van der Waals surface area contributed by atoms with E-state index < -0.39 is 5.85 Å². The molecule has 0 saturated carbocycles. The third-order valence-electron chi connectivity index (χ3n) is 3.85. The molecule has 1 aromatic rings. The van der Waals surface area contributed by atoms with Crippen molar-refractivity contribution in [3.63, 3.8) is 0 Å². The molecule has 1 aromatic heterocycles. The van der Waals surface area contributed by atoms with Gasteiger partial charge in [-0.3, -0.25) is 4.98 Å². The zero-order valence-corrected chi connectivity index (χ0v) is 12.1. The second-order valence-corrected chi connectivity index (χ2v) is 5.03. The SMILES string of the molecule is COC1(N2CCOCC2)NC=C(N)C=C1c1ccncc1. The van der Waals surface area contributed by atoms with Gasteiger partial charge in [-0.1, -0.05) is 0 Å². The predicted octanol–water partition coefficient (Wildman–Crippen LogP) is 0.501. The molecule has 0 spiro atoms. The predicted molar refractivity (Wildman–Crippen MR) is 79.8 cm³/mol. The van der Waals surface area contributed by atoms with Crippen LogP contribution in [-0.2, 0) is 9.47 Å². The highest BCUT2D eigenvalue weighted by Gasteiger charge is 2.43. The molecule has 21 heavy (non-hydrogen) atoms. The van der Waals surface area contributed by atoms with Gasteiger partial charge >= 0.3 is 0 Å². The average molecular weight is 288 g/mol. The summed E-state index contributed by atoms with van der Waals surface area (Å²) in [5.74, 6) is -0.728. The molecule has 0 radical (unpaired) electrons. The minimum atomic E-state index is -0.728. The number of aromatic nitrogens is 1. The molecule has 1 atom stereocenters. The Balaban J connectivity index is 2.03. The second kappa shape index (κ2) is 5.85. The second-order valence-electron chi connectivity index (χ2n) is 5.03. The molecule has 3 heterocycles. The van der Waals surface area contributed by atoms with Crippen LogP contribution in [0, 0.1) is 0 Å². The van der Waals surface area contributed by atoms with Crippen LogP contribution < -0.4 is 11.1 Å². The Labute approximate surface area is 124 Å². The number of hydrogen-bond donors (Lipinski definition) is 2. The van der Waals surface area contributed by atoms with Gasteiger partial charge in [-0.2, -0.15) is 0 Å². The van der Waals surface area contributed by atoms with E-state index in [1.165, 1.54) is 0 Å². The number of hydrogen-bond acceptors (Lipinski definition) is 6. The first kappa shape index (κ1) is 14.1. The summed E-state index contributed by atoms with van der Waals surface area (Å²) in [6.45, 7) is 2.96. The zero-order valence-electron chi connectivity index (χ0n) is 12.1. The molecule has 6 heteroatoms. The lowest BCUT2D eigenvalue weighted by atomic mass is 9.96. The van der Waals surface area contributed by atoms with Crippen LogP contribution in [0.5, 0.6) is 0 Å². The number of allylic oxidation sites excluding steroid dienone is 1. The van der Waals surface area contributed by atoms with Crippen molar-refractivity contribution in [3.05, 3.63) is 48.1 Å². The molecular formula is C15H20N4O2. The molecule has 112 valence electrons. The highest BCUT2D eigenvalue weighted by atomic mass is 16.5. The van der Waals surface area contributed by atoms with Gasteiger partial charge in [-0.05, 0) is 23.8 Å². The summed E-state index contributed by atoms with van der Waals surface area (Å²) in [6.07, 6.45) is 7.27. The number of methoxy groups -OCH3 is 1. The van der Waals surface area contributed by atoms with Gasteiger partial charge in [0.25, 0.3) is 0 Å². The zero-order chi connectivity index (χ0) is 14.7. The van der Waals surface area contributed by atoms with E-state index in [9.17, 15) is 0 Å². The molecule has 0 bridgehead atoms. The molecule has 1 fully saturated rings. The Morgan fingerprint density at radius 1 is 1.33 bits per heavy atom. The Kier molecular flexibility index (Phi) is 3.92. The lowest BCUT2D eigenvalue weighted by molar-refractivity contribution is -0.136.